The van der Waals surface area contributed by atoms with Crippen molar-refractivity contribution in [3.05, 3.63) is 60.2 Å². The van der Waals surface area contributed by atoms with Gasteiger partial charge in [0.15, 0.2) is 0 Å². The topological polar surface area (TPSA) is 58.6 Å². The van der Waals surface area contributed by atoms with E-state index >= 15 is 0 Å². The van der Waals surface area contributed by atoms with Crippen LogP contribution in [0.2, 0.25) is 0 Å². The van der Waals surface area contributed by atoms with Crippen LogP contribution in [0.1, 0.15) is 24.4 Å². The molecule has 1 aliphatic heterocycles. The van der Waals surface area contributed by atoms with Gasteiger partial charge in [0.1, 0.15) is 5.75 Å². The Balaban J connectivity index is 1.82. The number of ether oxygens (including phenoxy) is 1. The first-order valence-electron chi connectivity index (χ1n) is 8.35. The molecule has 1 heterocycles. The fourth-order valence-electron chi connectivity index (χ4n) is 3.33. The lowest BCUT2D eigenvalue weighted by molar-refractivity contribution is -0.140. The number of nitrogens with zero attached hydrogens (tertiary/aromatic N) is 1. The van der Waals surface area contributed by atoms with Gasteiger partial charge in [0, 0.05) is 19.2 Å². The fraction of sp³-hybridized carbons (Fsp3) is 0.300. The maximum atomic E-state index is 12.9. The number of hydrogen-bond acceptors (Lipinski definition) is 3. The van der Waals surface area contributed by atoms with E-state index in [0.717, 1.165) is 17.0 Å². The van der Waals surface area contributed by atoms with Crippen molar-refractivity contribution in [1.82, 2.24) is 4.90 Å². The van der Waals surface area contributed by atoms with Gasteiger partial charge in [-0.3, -0.25) is 9.59 Å². The smallest absolute Gasteiger partial charge is 0.229 e. The Morgan fingerprint density at radius 1 is 1.12 bits per heavy atom. The molecule has 130 valence electrons. The number of anilines is 1. The second-order valence-corrected chi connectivity index (χ2v) is 6.22. The van der Waals surface area contributed by atoms with Gasteiger partial charge in [-0.1, -0.05) is 30.3 Å². The van der Waals surface area contributed by atoms with Gasteiger partial charge in [-0.25, -0.2) is 0 Å². The number of nitrogens with one attached hydrogen (secondary N) is 1. The number of carbonyl (C=O) groups is 2. The summed E-state index contributed by atoms with van der Waals surface area (Å²) >= 11 is 0. The van der Waals surface area contributed by atoms with Crippen LogP contribution in [-0.4, -0.2) is 30.9 Å². The highest BCUT2D eigenvalue weighted by Crippen LogP contribution is 2.36. The number of hydrogen-bond donors (Lipinski definition) is 1. The van der Waals surface area contributed by atoms with Crippen molar-refractivity contribution in [2.45, 2.75) is 18.9 Å². The predicted molar refractivity (Wildman–Crippen MR) is 96.3 cm³/mol. The van der Waals surface area contributed by atoms with E-state index in [2.05, 4.69) is 5.32 Å². The van der Waals surface area contributed by atoms with Gasteiger partial charge in [-0.05, 0) is 36.2 Å². The van der Waals surface area contributed by atoms with Gasteiger partial charge >= 0.3 is 0 Å². The zero-order chi connectivity index (χ0) is 17.8. The van der Waals surface area contributed by atoms with Crippen LogP contribution < -0.4 is 10.1 Å². The van der Waals surface area contributed by atoms with Crippen LogP contribution in [0.25, 0.3) is 0 Å². The molecule has 1 N–H and O–H groups in total. The molecule has 1 fully saturated rings. The third-order valence-corrected chi connectivity index (χ3v) is 4.70. The van der Waals surface area contributed by atoms with E-state index in [4.69, 9.17) is 4.74 Å². The largest absolute Gasteiger partial charge is 0.497 e. The molecule has 1 saturated heterocycles. The summed E-state index contributed by atoms with van der Waals surface area (Å²) in [5, 5.41) is 2.97. The molecule has 0 aromatic heterocycles. The van der Waals surface area contributed by atoms with Crippen molar-refractivity contribution in [3.63, 3.8) is 0 Å². The average Bonchev–Trinajstić information content (AvgIpc) is 2.65. The predicted octanol–water partition coefficient (Wildman–Crippen LogP) is 3.24. The van der Waals surface area contributed by atoms with Crippen LogP contribution in [0.15, 0.2) is 54.6 Å². The van der Waals surface area contributed by atoms with E-state index < -0.39 is 0 Å². The summed E-state index contributed by atoms with van der Waals surface area (Å²) in [5.41, 5.74) is 1.70. The van der Waals surface area contributed by atoms with Crippen LogP contribution in [0.4, 0.5) is 5.69 Å². The average molecular weight is 338 g/mol. The molecule has 0 radical (unpaired) electrons. The van der Waals surface area contributed by atoms with Crippen molar-refractivity contribution in [3.8, 4) is 5.75 Å². The van der Waals surface area contributed by atoms with Gasteiger partial charge in [-0.2, -0.15) is 0 Å². The number of rotatable bonds is 4. The first-order valence-corrected chi connectivity index (χ1v) is 8.35. The monoisotopic (exact) mass is 338 g/mol. The van der Waals surface area contributed by atoms with Crippen LogP contribution in [-0.2, 0) is 9.59 Å². The quantitative estimate of drug-likeness (QED) is 0.931. The normalized spacial score (nSPS) is 20.2. The van der Waals surface area contributed by atoms with Crippen LogP contribution in [0.3, 0.4) is 0 Å². The second-order valence-electron chi connectivity index (χ2n) is 6.22. The number of carbonyl (C=O) groups excluding carboxylic acids is 2. The number of methoxy groups -OCH3 is 1. The van der Waals surface area contributed by atoms with Gasteiger partial charge in [0.05, 0.1) is 19.1 Å². The van der Waals surface area contributed by atoms with Crippen LogP contribution in [0, 0.1) is 5.92 Å². The van der Waals surface area contributed by atoms with E-state index in [0.29, 0.717) is 12.8 Å². The summed E-state index contributed by atoms with van der Waals surface area (Å²) < 4.78 is 5.13. The maximum Gasteiger partial charge on any atom is 0.229 e. The number of amides is 2. The van der Waals surface area contributed by atoms with Crippen molar-refractivity contribution in [1.29, 1.82) is 0 Å². The minimum atomic E-state index is -0.285. The van der Waals surface area contributed by atoms with Crippen molar-refractivity contribution in [2.75, 3.05) is 19.5 Å². The third-order valence-electron chi connectivity index (χ3n) is 4.70. The molecule has 25 heavy (non-hydrogen) atoms. The summed E-state index contributed by atoms with van der Waals surface area (Å²) in [6.07, 6.45) is 0.936. The lowest BCUT2D eigenvalue weighted by Crippen LogP contribution is -2.44. The molecule has 2 atom stereocenters. The highest BCUT2D eigenvalue weighted by atomic mass is 16.5. The molecule has 2 aromatic carbocycles. The summed E-state index contributed by atoms with van der Waals surface area (Å²) in [6, 6.07) is 16.7. The second kappa shape index (κ2) is 7.38. The van der Waals surface area contributed by atoms with Crippen molar-refractivity contribution >= 4 is 17.5 Å². The zero-order valence-corrected chi connectivity index (χ0v) is 14.4. The van der Waals surface area contributed by atoms with Crippen molar-refractivity contribution in [2.24, 2.45) is 5.92 Å². The van der Waals surface area contributed by atoms with E-state index in [1.54, 1.807) is 31.2 Å². The Kier molecular flexibility index (Phi) is 5.03. The fourth-order valence-corrected chi connectivity index (χ4v) is 3.33. The molecule has 2 aromatic rings. The molecule has 0 saturated carbocycles. The number of benzene rings is 2. The van der Waals surface area contributed by atoms with Gasteiger partial charge < -0.3 is 15.0 Å². The first kappa shape index (κ1) is 17.0. The third kappa shape index (κ3) is 3.65. The van der Waals surface area contributed by atoms with Crippen molar-refractivity contribution < 1.29 is 14.3 Å². The molecule has 0 spiro atoms. The lowest BCUT2D eigenvalue weighted by atomic mass is 9.84. The summed E-state index contributed by atoms with van der Waals surface area (Å²) in [5.74, 6) is 0.455. The molecule has 2 amide bonds. The van der Waals surface area contributed by atoms with E-state index in [-0.39, 0.29) is 23.8 Å². The van der Waals surface area contributed by atoms with E-state index in [1.807, 2.05) is 42.5 Å². The minimum absolute atomic E-state index is 0.0710. The molecule has 0 bridgehead atoms. The first-order chi connectivity index (χ1) is 12.1. The van der Waals surface area contributed by atoms with Gasteiger partial charge in [0.2, 0.25) is 11.8 Å². The Bertz CT molecular complexity index is 743. The molecule has 1 aliphatic rings. The summed E-state index contributed by atoms with van der Waals surface area (Å²) in [7, 11) is 3.37. The SMILES string of the molecule is COc1ccc(NC(=O)[C@H]2CCC(=O)N(C)[C@@H]2c2ccccc2)cc1. The highest BCUT2D eigenvalue weighted by molar-refractivity contribution is 5.94. The maximum absolute atomic E-state index is 12.9. The molecule has 3 rings (SSSR count). The molecule has 0 unspecified atom stereocenters. The molecule has 5 nitrogen and oxygen atoms in total. The Morgan fingerprint density at radius 2 is 1.80 bits per heavy atom. The molecule has 0 aliphatic carbocycles. The highest BCUT2D eigenvalue weighted by Gasteiger charge is 2.38. The molecular formula is C20H22N2O3. The van der Waals surface area contributed by atoms with E-state index in [9.17, 15) is 9.59 Å². The molecular weight excluding hydrogens is 316 g/mol. The Hall–Kier alpha value is -2.82. The number of likely N-dealkylation sites (tertiary alicyclic amines) is 1. The molecule has 5 heteroatoms. The van der Waals surface area contributed by atoms with Gasteiger partial charge in [-0.15, -0.1) is 0 Å². The lowest BCUT2D eigenvalue weighted by Gasteiger charge is -2.38. The minimum Gasteiger partial charge on any atom is -0.497 e. The van der Waals surface area contributed by atoms with Gasteiger partial charge in [0.25, 0.3) is 0 Å². The number of piperidine rings is 1. The van der Waals surface area contributed by atoms with E-state index in [1.165, 1.54) is 0 Å². The Labute approximate surface area is 147 Å². The van der Waals surface area contributed by atoms with Crippen LogP contribution in [0.5, 0.6) is 5.75 Å². The summed E-state index contributed by atoms with van der Waals surface area (Å²) in [6.45, 7) is 0. The standard InChI is InChI=1S/C20H22N2O3/c1-22-18(23)13-12-17(19(22)14-6-4-3-5-7-14)20(24)21-15-8-10-16(25-2)11-9-15/h3-11,17,19H,12-13H2,1-2H3,(H,21,24)/t17-,19+/m0/s1. The Morgan fingerprint density at radius 3 is 2.44 bits per heavy atom. The van der Waals surface area contributed by atoms with Crippen LogP contribution >= 0.6 is 0 Å². The summed E-state index contributed by atoms with van der Waals surface area (Å²) in [4.78, 5) is 26.7. The zero-order valence-electron chi connectivity index (χ0n) is 14.4.